The first-order valence-corrected chi connectivity index (χ1v) is 5.99. The van der Waals surface area contributed by atoms with Crippen LogP contribution in [0.4, 0.5) is 0 Å². The maximum atomic E-state index is 11.7. The van der Waals surface area contributed by atoms with Crippen LogP contribution in [0.5, 0.6) is 0 Å². The van der Waals surface area contributed by atoms with Crippen LogP contribution >= 0.6 is 0 Å². The van der Waals surface area contributed by atoms with Gasteiger partial charge in [0, 0.05) is 6.54 Å². The number of carbonyl (C=O) groups excluding carboxylic acids is 1. The highest BCUT2D eigenvalue weighted by atomic mass is 16.3. The van der Waals surface area contributed by atoms with E-state index in [9.17, 15) is 4.79 Å². The summed E-state index contributed by atoms with van der Waals surface area (Å²) in [6.45, 7) is 2.37. The van der Waals surface area contributed by atoms with Crippen LogP contribution in [-0.4, -0.2) is 15.9 Å². The normalized spacial score (nSPS) is 10.8. The molecule has 0 atom stereocenters. The smallest absolute Gasteiger partial charge is 0.287 e. The van der Waals surface area contributed by atoms with Gasteiger partial charge in [0.2, 0.25) is 0 Å². The van der Waals surface area contributed by atoms with Gasteiger partial charge in [0.05, 0.1) is 17.3 Å². The van der Waals surface area contributed by atoms with Crippen LogP contribution in [0.25, 0.3) is 11.0 Å². The number of hydrogen-bond acceptors (Lipinski definition) is 3. The number of H-pyrrole nitrogens is 1. The third-order valence-corrected chi connectivity index (χ3v) is 2.86. The second kappa shape index (κ2) is 4.61. The standard InChI is InChI=1S/C14H13N3O2/c1-9-16-11-5-4-10(7-12(11)17-9)8-15-14(18)13-3-2-6-19-13/h2-7H,8H2,1H3,(H,15,18)(H,16,17). The zero-order chi connectivity index (χ0) is 13.2. The number of carbonyl (C=O) groups is 1. The average molecular weight is 255 g/mol. The summed E-state index contributed by atoms with van der Waals surface area (Å²) >= 11 is 0. The zero-order valence-corrected chi connectivity index (χ0v) is 10.4. The Morgan fingerprint density at radius 2 is 2.32 bits per heavy atom. The molecule has 3 aromatic rings. The van der Waals surface area contributed by atoms with Gasteiger partial charge >= 0.3 is 0 Å². The largest absolute Gasteiger partial charge is 0.459 e. The number of nitrogens with one attached hydrogen (secondary N) is 2. The Kier molecular flexibility index (Phi) is 2.79. The Bertz CT molecular complexity index is 713. The molecule has 2 aromatic heterocycles. The predicted octanol–water partition coefficient (Wildman–Crippen LogP) is 2.39. The molecule has 96 valence electrons. The summed E-state index contributed by atoms with van der Waals surface area (Å²) in [7, 11) is 0. The Morgan fingerprint density at radius 3 is 3.11 bits per heavy atom. The topological polar surface area (TPSA) is 70.9 Å². The van der Waals surface area contributed by atoms with Gasteiger partial charge in [-0.25, -0.2) is 4.98 Å². The SMILES string of the molecule is Cc1nc2ccc(CNC(=O)c3ccco3)cc2[nH]1. The molecule has 0 unspecified atom stereocenters. The first-order chi connectivity index (χ1) is 9.22. The number of aromatic nitrogens is 2. The second-order valence-electron chi connectivity index (χ2n) is 4.33. The monoisotopic (exact) mass is 255 g/mol. The van der Waals surface area contributed by atoms with Crippen LogP contribution in [0.3, 0.4) is 0 Å². The van der Waals surface area contributed by atoms with Crippen molar-refractivity contribution in [3.8, 4) is 0 Å². The molecule has 0 saturated carbocycles. The summed E-state index contributed by atoms with van der Waals surface area (Å²) in [5.41, 5.74) is 2.91. The lowest BCUT2D eigenvalue weighted by Crippen LogP contribution is -2.22. The molecule has 0 bridgehead atoms. The molecule has 1 amide bonds. The van der Waals surface area contributed by atoms with Gasteiger partial charge in [0.15, 0.2) is 5.76 Å². The van der Waals surface area contributed by atoms with Crippen LogP contribution in [0.15, 0.2) is 41.0 Å². The molecule has 1 aromatic carbocycles. The van der Waals surface area contributed by atoms with E-state index in [4.69, 9.17) is 4.42 Å². The Balaban J connectivity index is 1.73. The van der Waals surface area contributed by atoms with Crippen LogP contribution in [0.2, 0.25) is 0 Å². The molecule has 5 heteroatoms. The van der Waals surface area contributed by atoms with Crippen LogP contribution < -0.4 is 5.32 Å². The molecular weight excluding hydrogens is 242 g/mol. The number of hydrogen-bond donors (Lipinski definition) is 2. The van der Waals surface area contributed by atoms with E-state index in [1.165, 1.54) is 6.26 Å². The fourth-order valence-electron chi connectivity index (χ4n) is 1.97. The minimum atomic E-state index is -0.217. The molecule has 0 radical (unpaired) electrons. The number of rotatable bonds is 3. The van der Waals surface area contributed by atoms with Gasteiger partial charge in [-0.3, -0.25) is 4.79 Å². The van der Waals surface area contributed by atoms with Gasteiger partial charge < -0.3 is 14.7 Å². The van der Waals surface area contributed by atoms with Crippen molar-refractivity contribution in [1.29, 1.82) is 0 Å². The molecule has 0 aliphatic carbocycles. The fourth-order valence-corrected chi connectivity index (χ4v) is 1.97. The number of benzene rings is 1. The van der Waals surface area contributed by atoms with Crippen LogP contribution in [0.1, 0.15) is 21.9 Å². The van der Waals surface area contributed by atoms with Gasteiger partial charge in [-0.15, -0.1) is 0 Å². The van der Waals surface area contributed by atoms with Crippen molar-refractivity contribution in [2.45, 2.75) is 13.5 Å². The minimum Gasteiger partial charge on any atom is -0.459 e. The lowest BCUT2D eigenvalue weighted by Gasteiger charge is -2.03. The maximum Gasteiger partial charge on any atom is 0.287 e. The summed E-state index contributed by atoms with van der Waals surface area (Å²) in [5.74, 6) is 0.983. The number of aromatic amines is 1. The van der Waals surface area contributed by atoms with Crippen LogP contribution in [-0.2, 0) is 6.54 Å². The quantitative estimate of drug-likeness (QED) is 0.755. The summed E-state index contributed by atoms with van der Waals surface area (Å²) in [5, 5.41) is 2.81. The fraction of sp³-hybridized carbons (Fsp3) is 0.143. The van der Waals surface area contributed by atoms with Crippen molar-refractivity contribution in [2.75, 3.05) is 0 Å². The first kappa shape index (κ1) is 11.5. The Labute approximate surface area is 109 Å². The first-order valence-electron chi connectivity index (χ1n) is 5.99. The number of amides is 1. The summed E-state index contributed by atoms with van der Waals surface area (Å²) in [4.78, 5) is 19.2. The minimum absolute atomic E-state index is 0.217. The van der Waals surface area contributed by atoms with Gasteiger partial charge in [-0.1, -0.05) is 6.07 Å². The van der Waals surface area contributed by atoms with Gasteiger partial charge in [0.25, 0.3) is 5.91 Å². The lowest BCUT2D eigenvalue weighted by atomic mass is 10.2. The molecular formula is C14H13N3O2. The Hall–Kier alpha value is -2.56. The molecule has 3 rings (SSSR count). The second-order valence-corrected chi connectivity index (χ2v) is 4.33. The van der Waals surface area contributed by atoms with Gasteiger partial charge in [0.1, 0.15) is 5.82 Å². The molecule has 2 N–H and O–H groups in total. The highest BCUT2D eigenvalue weighted by Crippen LogP contribution is 2.13. The highest BCUT2D eigenvalue weighted by molar-refractivity contribution is 5.91. The van der Waals surface area contributed by atoms with E-state index in [2.05, 4.69) is 15.3 Å². The number of fused-ring (bicyclic) bond motifs is 1. The molecule has 0 saturated heterocycles. The third-order valence-electron chi connectivity index (χ3n) is 2.86. The molecule has 0 aliphatic heterocycles. The average Bonchev–Trinajstić information content (AvgIpc) is 3.03. The van der Waals surface area contributed by atoms with Crippen molar-refractivity contribution in [2.24, 2.45) is 0 Å². The zero-order valence-electron chi connectivity index (χ0n) is 10.4. The van der Waals surface area contributed by atoms with Gasteiger partial charge in [-0.05, 0) is 36.8 Å². The van der Waals surface area contributed by atoms with Crippen molar-refractivity contribution in [1.82, 2.24) is 15.3 Å². The molecule has 0 spiro atoms. The predicted molar refractivity (Wildman–Crippen MR) is 70.7 cm³/mol. The number of imidazole rings is 1. The summed E-state index contributed by atoms with van der Waals surface area (Å²) in [6.07, 6.45) is 1.48. The van der Waals surface area contributed by atoms with Crippen molar-refractivity contribution >= 4 is 16.9 Å². The van der Waals surface area contributed by atoms with E-state index in [0.29, 0.717) is 12.3 Å². The van der Waals surface area contributed by atoms with E-state index in [0.717, 1.165) is 22.4 Å². The number of aryl methyl sites for hydroxylation is 1. The van der Waals surface area contributed by atoms with Gasteiger partial charge in [-0.2, -0.15) is 0 Å². The lowest BCUT2D eigenvalue weighted by molar-refractivity contribution is 0.0923. The van der Waals surface area contributed by atoms with Crippen LogP contribution in [0, 0.1) is 6.92 Å². The molecule has 19 heavy (non-hydrogen) atoms. The highest BCUT2D eigenvalue weighted by Gasteiger charge is 2.08. The van der Waals surface area contributed by atoms with E-state index in [1.54, 1.807) is 12.1 Å². The summed E-state index contributed by atoms with van der Waals surface area (Å²) in [6, 6.07) is 9.20. The number of furan rings is 1. The summed E-state index contributed by atoms with van der Waals surface area (Å²) < 4.78 is 5.03. The molecule has 2 heterocycles. The Morgan fingerprint density at radius 1 is 1.42 bits per heavy atom. The van der Waals surface area contributed by atoms with E-state index in [-0.39, 0.29) is 5.91 Å². The molecule has 5 nitrogen and oxygen atoms in total. The number of nitrogens with zero attached hydrogens (tertiary/aromatic N) is 1. The van der Waals surface area contributed by atoms with E-state index < -0.39 is 0 Å². The van der Waals surface area contributed by atoms with Crippen molar-refractivity contribution in [3.63, 3.8) is 0 Å². The van der Waals surface area contributed by atoms with E-state index >= 15 is 0 Å². The van der Waals surface area contributed by atoms with Crippen molar-refractivity contribution < 1.29 is 9.21 Å². The molecule has 0 aliphatic rings. The molecule has 0 fully saturated rings. The van der Waals surface area contributed by atoms with Crippen molar-refractivity contribution in [3.05, 3.63) is 53.7 Å². The maximum absolute atomic E-state index is 11.7. The third kappa shape index (κ3) is 2.35. The van der Waals surface area contributed by atoms with E-state index in [1.807, 2.05) is 25.1 Å².